The molecule has 0 aliphatic heterocycles. The SMILES string of the molecule is CC1(C)c2ccccc2-c2ccc3c(c21)c1cc(-c2ccc4c5cc6c(cc5n(-c5ccccc5)c4c2)oc2c(-c4ccc5c(c4)c4ccc7c(c8cc(-c9ccc%10c%11cc%12c(cc%11n(-c%11ccccc%11)c%10c9)oc9ccccc9%12)ccc8n7-c7ccccc7)c4n5-c4ccccc4)cccc26)ccc1n3-c1ccccc1. The molecule has 25 rings (SSSR count). The number of nitrogens with zero attached hydrogens (tertiary/aromatic N) is 5. The van der Waals surface area contributed by atoms with Gasteiger partial charge in [-0.25, -0.2) is 0 Å². The maximum absolute atomic E-state index is 7.34. The summed E-state index contributed by atoms with van der Waals surface area (Å²) in [6, 6.07) is 132. The molecule has 0 saturated carbocycles. The molecule has 0 N–H and O–H groups in total. The molecule has 17 aromatic carbocycles. The summed E-state index contributed by atoms with van der Waals surface area (Å²) in [5, 5.41) is 16.4. The van der Waals surface area contributed by atoms with Crippen LogP contribution in [0.4, 0.5) is 0 Å². The first kappa shape index (κ1) is 61.4. The van der Waals surface area contributed by atoms with Crippen molar-refractivity contribution in [1.29, 1.82) is 0 Å². The van der Waals surface area contributed by atoms with Gasteiger partial charge in [0.1, 0.15) is 22.3 Å². The van der Waals surface area contributed by atoms with E-state index in [0.29, 0.717) is 0 Å². The third-order valence-corrected chi connectivity index (χ3v) is 24.8. The predicted octanol–water partition coefficient (Wildman–Crippen LogP) is 28.3. The fourth-order valence-corrected chi connectivity index (χ4v) is 19.9. The maximum atomic E-state index is 7.34. The Morgan fingerprint density at radius 2 is 0.616 bits per heavy atom. The lowest BCUT2D eigenvalue weighted by Gasteiger charge is -2.22. The lowest BCUT2D eigenvalue weighted by atomic mass is 9.80. The van der Waals surface area contributed by atoms with Gasteiger partial charge in [-0.2, -0.15) is 0 Å². The van der Waals surface area contributed by atoms with Gasteiger partial charge in [0, 0.05) is 127 Å². The van der Waals surface area contributed by atoms with E-state index in [4.69, 9.17) is 8.83 Å². The molecular formula is C105H65N5O2. The summed E-state index contributed by atoms with van der Waals surface area (Å²) in [6.07, 6.45) is 0. The topological polar surface area (TPSA) is 50.9 Å². The molecule has 24 aromatic rings. The van der Waals surface area contributed by atoms with Gasteiger partial charge in [0.25, 0.3) is 0 Å². The van der Waals surface area contributed by atoms with Gasteiger partial charge >= 0.3 is 0 Å². The Labute approximate surface area is 641 Å². The second kappa shape index (κ2) is 22.7. The number of para-hydroxylation sites is 7. The molecule has 7 nitrogen and oxygen atoms in total. The van der Waals surface area contributed by atoms with Crippen LogP contribution < -0.4 is 0 Å². The number of hydrogen-bond acceptors (Lipinski definition) is 2. The Balaban J connectivity index is 0.654. The number of hydrogen-bond donors (Lipinski definition) is 0. The number of aromatic nitrogens is 5. The number of rotatable bonds is 8. The van der Waals surface area contributed by atoms with Crippen molar-refractivity contribution >= 4 is 153 Å². The van der Waals surface area contributed by atoms with Gasteiger partial charge in [-0.15, -0.1) is 0 Å². The van der Waals surface area contributed by atoms with E-state index in [1.54, 1.807) is 0 Å². The van der Waals surface area contributed by atoms with Crippen molar-refractivity contribution in [1.82, 2.24) is 22.8 Å². The summed E-state index contributed by atoms with van der Waals surface area (Å²) in [6.45, 7) is 4.81. The van der Waals surface area contributed by atoms with Crippen LogP contribution in [0.5, 0.6) is 0 Å². The van der Waals surface area contributed by atoms with Crippen LogP contribution in [-0.2, 0) is 5.41 Å². The Bertz CT molecular complexity index is 8180. The summed E-state index contributed by atoms with van der Waals surface area (Å²) in [4.78, 5) is 0. The normalized spacial score (nSPS) is 13.0. The summed E-state index contributed by atoms with van der Waals surface area (Å²) < 4.78 is 26.1. The summed E-state index contributed by atoms with van der Waals surface area (Å²) in [5.41, 5.74) is 32.4. The van der Waals surface area contributed by atoms with E-state index in [-0.39, 0.29) is 5.41 Å². The Hall–Kier alpha value is -14.7. The van der Waals surface area contributed by atoms with Gasteiger partial charge in [-0.1, -0.05) is 220 Å². The van der Waals surface area contributed by atoms with E-state index in [0.717, 1.165) is 150 Å². The quantitative estimate of drug-likeness (QED) is 0.152. The van der Waals surface area contributed by atoms with Crippen LogP contribution in [0.2, 0.25) is 0 Å². The third kappa shape index (κ3) is 8.48. The number of fused-ring (bicyclic) bond motifs is 26. The average molecular weight is 1430 g/mol. The maximum Gasteiger partial charge on any atom is 0.143 e. The van der Waals surface area contributed by atoms with Crippen molar-refractivity contribution < 1.29 is 8.83 Å². The molecule has 1 aliphatic rings. The molecule has 0 atom stereocenters. The van der Waals surface area contributed by atoms with Crippen molar-refractivity contribution in [3.05, 3.63) is 369 Å². The molecule has 0 spiro atoms. The minimum atomic E-state index is -0.198. The molecule has 0 saturated heterocycles. The van der Waals surface area contributed by atoms with Crippen LogP contribution in [0.3, 0.4) is 0 Å². The molecule has 112 heavy (non-hydrogen) atoms. The fourth-order valence-electron chi connectivity index (χ4n) is 19.9. The smallest absolute Gasteiger partial charge is 0.143 e. The Kier molecular flexibility index (Phi) is 12.4. The van der Waals surface area contributed by atoms with Crippen LogP contribution in [0.15, 0.2) is 367 Å². The molecule has 7 heterocycles. The summed E-state index contributed by atoms with van der Waals surface area (Å²) in [5.74, 6) is 0. The molecule has 522 valence electrons. The van der Waals surface area contributed by atoms with E-state index in [1.807, 2.05) is 6.07 Å². The van der Waals surface area contributed by atoms with Crippen LogP contribution >= 0.6 is 0 Å². The number of benzene rings is 17. The molecule has 7 heteroatoms. The van der Waals surface area contributed by atoms with Crippen LogP contribution in [-0.4, -0.2) is 22.8 Å². The van der Waals surface area contributed by atoms with Gasteiger partial charge in [-0.3, -0.25) is 0 Å². The molecule has 0 fully saturated rings. The van der Waals surface area contributed by atoms with Crippen LogP contribution in [0.25, 0.3) is 226 Å². The molecule has 7 aromatic heterocycles. The fraction of sp³-hybridized carbons (Fsp3) is 0.0286. The molecule has 0 bridgehead atoms. The van der Waals surface area contributed by atoms with Gasteiger partial charge in [0.2, 0.25) is 0 Å². The predicted molar refractivity (Wildman–Crippen MR) is 467 cm³/mol. The summed E-state index contributed by atoms with van der Waals surface area (Å²) >= 11 is 0. The molecule has 1 aliphatic carbocycles. The van der Waals surface area contributed by atoms with Crippen LogP contribution in [0, 0.1) is 0 Å². The van der Waals surface area contributed by atoms with E-state index < -0.39 is 0 Å². The summed E-state index contributed by atoms with van der Waals surface area (Å²) in [7, 11) is 0. The van der Waals surface area contributed by atoms with Crippen molar-refractivity contribution in [2.45, 2.75) is 19.3 Å². The minimum Gasteiger partial charge on any atom is -0.456 e. The van der Waals surface area contributed by atoms with Gasteiger partial charge in [0.05, 0.1) is 55.2 Å². The lowest BCUT2D eigenvalue weighted by Crippen LogP contribution is -2.15. The van der Waals surface area contributed by atoms with Crippen LogP contribution in [0.1, 0.15) is 25.0 Å². The highest BCUT2D eigenvalue weighted by Gasteiger charge is 2.38. The average Bonchev–Trinajstić information content (AvgIpc) is 1.55. The van der Waals surface area contributed by atoms with Crippen molar-refractivity contribution in [2.24, 2.45) is 0 Å². The zero-order valence-corrected chi connectivity index (χ0v) is 61.1. The van der Waals surface area contributed by atoms with Gasteiger partial charge < -0.3 is 31.7 Å². The molecule has 0 amide bonds. The van der Waals surface area contributed by atoms with Crippen molar-refractivity contribution in [3.63, 3.8) is 0 Å². The molecular weight excluding hydrogens is 1360 g/mol. The largest absolute Gasteiger partial charge is 0.456 e. The standard InChI is InChI=1S/C105H65N5O2/c1-105(2)87-37-20-18-33-73(87)77-46-51-91-100(102(77)105)85-53-62(41-48-89(85)106(91)67-23-8-3-9-24-67)64-39-45-75-82-59-84-79-36-22-35-72(104(79)112-99(84)61-96(82)109(94(75)56-64)70-29-14-6-15-30-70)66-43-50-88-80(55-66)78-47-52-92-101(103(78)110(88)71-31-16-7-17-32-71)86-54-63(42-49-90(86)107(92)68-25-10-4-11-26-68)65-40-44-74-81-58-83-76-34-19-21-38-97(76)111-98(83)60-95(81)108(93(74)57-65)69-27-12-5-13-28-69/h3-61H,1-2H3. The Morgan fingerprint density at radius 1 is 0.214 bits per heavy atom. The monoisotopic (exact) mass is 1430 g/mol. The van der Waals surface area contributed by atoms with E-state index in [1.165, 1.54) is 87.3 Å². The van der Waals surface area contributed by atoms with E-state index >= 15 is 0 Å². The highest BCUT2D eigenvalue weighted by Crippen LogP contribution is 2.55. The van der Waals surface area contributed by atoms with Crippen molar-refractivity contribution in [3.8, 4) is 72.9 Å². The highest BCUT2D eigenvalue weighted by atomic mass is 16.3. The molecule has 0 radical (unpaired) electrons. The highest BCUT2D eigenvalue weighted by molar-refractivity contribution is 6.28. The zero-order chi connectivity index (χ0) is 73.3. The second-order valence-electron chi connectivity index (χ2n) is 31.0. The zero-order valence-electron chi connectivity index (χ0n) is 61.1. The molecule has 0 unspecified atom stereocenters. The second-order valence-corrected chi connectivity index (χ2v) is 31.0. The van der Waals surface area contributed by atoms with Gasteiger partial charge in [-0.05, 0) is 190 Å². The minimum absolute atomic E-state index is 0.198. The first-order valence-electron chi connectivity index (χ1n) is 38.7. The number of furan rings is 2. The first-order chi connectivity index (χ1) is 55.3. The first-order valence-corrected chi connectivity index (χ1v) is 38.7. The van der Waals surface area contributed by atoms with E-state index in [2.05, 4.69) is 389 Å². The third-order valence-electron chi connectivity index (χ3n) is 24.8. The Morgan fingerprint density at radius 3 is 1.21 bits per heavy atom. The van der Waals surface area contributed by atoms with Gasteiger partial charge in [0.15, 0.2) is 0 Å². The van der Waals surface area contributed by atoms with E-state index in [9.17, 15) is 0 Å². The lowest BCUT2D eigenvalue weighted by molar-refractivity contribution is 0.666. The van der Waals surface area contributed by atoms with Crippen molar-refractivity contribution in [2.75, 3.05) is 0 Å².